The first kappa shape index (κ1) is 7.94. The number of carbonyl (C=O) groups is 1. The van der Waals surface area contributed by atoms with Gasteiger partial charge in [-0.3, -0.25) is 4.79 Å². The van der Waals surface area contributed by atoms with Crippen molar-refractivity contribution in [3.05, 3.63) is 22.7 Å². The zero-order chi connectivity index (χ0) is 8.27. The Morgan fingerprint density at radius 1 is 1.82 bits per heavy atom. The lowest BCUT2D eigenvalue weighted by molar-refractivity contribution is -0.112. The highest BCUT2D eigenvalue weighted by Gasteiger charge is 2.07. The summed E-state index contributed by atoms with van der Waals surface area (Å²) in [5.41, 5.74) is 5.58. The fourth-order valence-electron chi connectivity index (χ4n) is 0.728. The van der Waals surface area contributed by atoms with Gasteiger partial charge in [0, 0.05) is 11.6 Å². The van der Waals surface area contributed by atoms with E-state index < -0.39 is 5.91 Å². The van der Waals surface area contributed by atoms with Crippen molar-refractivity contribution in [2.75, 3.05) is 0 Å². The predicted octanol–water partition coefficient (Wildman–Crippen LogP) is 1.03. The summed E-state index contributed by atoms with van der Waals surface area (Å²) < 4.78 is 0. The number of aromatic nitrogens is 1. The van der Waals surface area contributed by atoms with E-state index in [2.05, 4.69) is 4.98 Å². The topological polar surface area (TPSA) is 56.0 Å². The third-order valence-corrected chi connectivity index (χ3v) is 2.02. The predicted molar refractivity (Wildman–Crippen MR) is 45.0 cm³/mol. The number of thiazole rings is 1. The van der Waals surface area contributed by atoms with Crippen LogP contribution in [0.1, 0.15) is 11.9 Å². The molecule has 2 N–H and O–H groups in total. The Labute approximate surface area is 68.6 Å². The minimum absolute atomic E-state index is 0.428. The molecule has 0 saturated carbocycles. The molecule has 3 nitrogen and oxygen atoms in total. The standard InChI is InChI=1S/C7H8N2OS/c1-2-5(6(8)10)7-9-3-4-11-7/h2-4H,1H3,(H2,8,10)/b5-2+. The van der Waals surface area contributed by atoms with Gasteiger partial charge in [0.1, 0.15) is 5.01 Å². The van der Waals surface area contributed by atoms with E-state index in [1.807, 2.05) is 5.38 Å². The van der Waals surface area contributed by atoms with Gasteiger partial charge < -0.3 is 5.73 Å². The van der Waals surface area contributed by atoms with Gasteiger partial charge in [-0.1, -0.05) is 6.08 Å². The first-order valence-corrected chi connectivity index (χ1v) is 3.99. The van der Waals surface area contributed by atoms with Crippen LogP contribution in [-0.2, 0) is 4.79 Å². The van der Waals surface area contributed by atoms with Crippen LogP contribution in [0.2, 0.25) is 0 Å². The Bertz CT molecular complexity index is 277. The number of hydrogen-bond acceptors (Lipinski definition) is 3. The molecule has 1 heterocycles. The first-order valence-electron chi connectivity index (χ1n) is 3.11. The number of amides is 1. The average molecular weight is 168 g/mol. The Hall–Kier alpha value is -1.16. The van der Waals surface area contributed by atoms with E-state index in [4.69, 9.17) is 5.73 Å². The fourth-order valence-corrected chi connectivity index (χ4v) is 1.45. The van der Waals surface area contributed by atoms with E-state index in [1.54, 1.807) is 19.2 Å². The molecule has 0 spiro atoms. The summed E-state index contributed by atoms with van der Waals surface area (Å²) >= 11 is 1.40. The molecule has 0 aromatic carbocycles. The molecule has 0 fully saturated rings. The molecule has 1 amide bonds. The van der Waals surface area contributed by atoms with Gasteiger partial charge in [0.2, 0.25) is 0 Å². The van der Waals surface area contributed by atoms with Crippen LogP contribution in [-0.4, -0.2) is 10.9 Å². The van der Waals surface area contributed by atoms with Gasteiger partial charge in [-0.2, -0.15) is 0 Å². The molecule has 1 aromatic rings. The first-order chi connectivity index (χ1) is 5.25. The summed E-state index contributed by atoms with van der Waals surface area (Å²) in [6.45, 7) is 1.77. The van der Waals surface area contributed by atoms with Crippen LogP contribution in [0.3, 0.4) is 0 Å². The molecule has 58 valence electrons. The number of primary amides is 1. The van der Waals surface area contributed by atoms with Gasteiger partial charge in [-0.05, 0) is 6.92 Å². The second kappa shape index (κ2) is 3.30. The van der Waals surface area contributed by atoms with Crippen molar-refractivity contribution < 1.29 is 4.79 Å². The Balaban J connectivity index is 2.99. The summed E-state index contributed by atoms with van der Waals surface area (Å²) in [6, 6.07) is 0. The van der Waals surface area contributed by atoms with E-state index in [0.717, 1.165) is 0 Å². The van der Waals surface area contributed by atoms with Crippen molar-refractivity contribution in [1.29, 1.82) is 0 Å². The molecule has 0 aliphatic heterocycles. The lowest BCUT2D eigenvalue weighted by Crippen LogP contribution is -2.12. The van der Waals surface area contributed by atoms with Crippen molar-refractivity contribution in [3.8, 4) is 0 Å². The average Bonchev–Trinajstić information content (AvgIpc) is 2.40. The molecular weight excluding hydrogens is 160 g/mol. The van der Waals surface area contributed by atoms with E-state index in [0.29, 0.717) is 10.6 Å². The second-order valence-electron chi connectivity index (χ2n) is 1.90. The summed E-state index contributed by atoms with van der Waals surface area (Å²) in [4.78, 5) is 14.7. The monoisotopic (exact) mass is 168 g/mol. The molecule has 0 aliphatic rings. The minimum atomic E-state index is -0.428. The maximum absolute atomic E-state index is 10.7. The number of carbonyl (C=O) groups excluding carboxylic acids is 1. The van der Waals surface area contributed by atoms with Crippen molar-refractivity contribution >= 4 is 22.8 Å². The zero-order valence-corrected chi connectivity index (χ0v) is 6.89. The molecule has 0 aliphatic carbocycles. The van der Waals surface area contributed by atoms with Crippen LogP contribution in [0.4, 0.5) is 0 Å². The highest BCUT2D eigenvalue weighted by Crippen LogP contribution is 2.15. The highest BCUT2D eigenvalue weighted by atomic mass is 32.1. The molecule has 0 radical (unpaired) electrons. The fraction of sp³-hybridized carbons (Fsp3) is 0.143. The molecule has 0 saturated heterocycles. The molecule has 0 bridgehead atoms. The van der Waals surface area contributed by atoms with E-state index in [-0.39, 0.29) is 0 Å². The van der Waals surface area contributed by atoms with Crippen LogP contribution in [0.15, 0.2) is 17.7 Å². The van der Waals surface area contributed by atoms with Gasteiger partial charge in [-0.25, -0.2) is 4.98 Å². The van der Waals surface area contributed by atoms with Gasteiger partial charge in [-0.15, -0.1) is 11.3 Å². The summed E-state index contributed by atoms with van der Waals surface area (Å²) in [5.74, 6) is -0.428. The maximum Gasteiger partial charge on any atom is 0.251 e. The lowest BCUT2D eigenvalue weighted by atomic mass is 10.2. The van der Waals surface area contributed by atoms with Crippen molar-refractivity contribution in [1.82, 2.24) is 4.98 Å². The Morgan fingerprint density at radius 2 is 2.55 bits per heavy atom. The summed E-state index contributed by atoms with van der Waals surface area (Å²) in [7, 11) is 0. The normalized spacial score (nSPS) is 11.5. The van der Waals surface area contributed by atoms with E-state index >= 15 is 0 Å². The lowest BCUT2D eigenvalue weighted by Gasteiger charge is -1.94. The Kier molecular flexibility index (Phi) is 2.38. The largest absolute Gasteiger partial charge is 0.366 e. The van der Waals surface area contributed by atoms with Gasteiger partial charge in [0.15, 0.2) is 0 Å². The second-order valence-corrected chi connectivity index (χ2v) is 2.80. The number of hydrogen-bond donors (Lipinski definition) is 1. The number of nitrogens with zero attached hydrogens (tertiary/aromatic N) is 1. The van der Waals surface area contributed by atoms with E-state index in [9.17, 15) is 4.79 Å². The van der Waals surface area contributed by atoms with Crippen LogP contribution in [0.25, 0.3) is 5.57 Å². The van der Waals surface area contributed by atoms with Crippen molar-refractivity contribution in [3.63, 3.8) is 0 Å². The number of allylic oxidation sites excluding steroid dienone is 1. The Morgan fingerprint density at radius 3 is 2.91 bits per heavy atom. The maximum atomic E-state index is 10.7. The molecular formula is C7H8N2OS. The van der Waals surface area contributed by atoms with Gasteiger partial charge in [0.05, 0.1) is 5.57 Å². The minimum Gasteiger partial charge on any atom is -0.366 e. The SMILES string of the molecule is C/C=C(\C(N)=O)c1nccs1. The van der Waals surface area contributed by atoms with Crippen molar-refractivity contribution in [2.45, 2.75) is 6.92 Å². The van der Waals surface area contributed by atoms with Crippen LogP contribution in [0.5, 0.6) is 0 Å². The van der Waals surface area contributed by atoms with Crippen LogP contribution >= 0.6 is 11.3 Å². The third kappa shape index (κ3) is 1.65. The molecule has 1 aromatic heterocycles. The smallest absolute Gasteiger partial charge is 0.251 e. The zero-order valence-electron chi connectivity index (χ0n) is 6.07. The summed E-state index contributed by atoms with van der Waals surface area (Å²) in [5, 5.41) is 2.49. The highest BCUT2D eigenvalue weighted by molar-refractivity contribution is 7.11. The van der Waals surface area contributed by atoms with Gasteiger partial charge >= 0.3 is 0 Å². The number of nitrogens with two attached hydrogens (primary N) is 1. The number of rotatable bonds is 2. The quantitative estimate of drug-likeness (QED) is 0.670. The van der Waals surface area contributed by atoms with Crippen LogP contribution in [0, 0.1) is 0 Å². The third-order valence-electron chi connectivity index (χ3n) is 1.22. The molecule has 0 atom stereocenters. The van der Waals surface area contributed by atoms with Crippen LogP contribution < -0.4 is 5.73 Å². The van der Waals surface area contributed by atoms with E-state index in [1.165, 1.54) is 11.3 Å². The molecule has 4 heteroatoms. The van der Waals surface area contributed by atoms with Crippen molar-refractivity contribution in [2.24, 2.45) is 5.73 Å². The molecule has 11 heavy (non-hydrogen) atoms. The summed E-state index contributed by atoms with van der Waals surface area (Å²) in [6.07, 6.45) is 3.31. The van der Waals surface area contributed by atoms with Gasteiger partial charge in [0.25, 0.3) is 5.91 Å². The molecule has 0 unspecified atom stereocenters. The molecule has 1 rings (SSSR count).